The Bertz CT molecular complexity index is 1450. The summed E-state index contributed by atoms with van der Waals surface area (Å²) in [5, 5.41) is 50.2. The highest BCUT2D eigenvalue weighted by Gasteiger charge is 2.56. The van der Waals surface area contributed by atoms with Crippen LogP contribution in [-0.2, 0) is 0 Å². The molecule has 0 fully saturated rings. The maximum absolute atomic E-state index is 13.7. The lowest BCUT2D eigenvalue weighted by atomic mass is 9.66. The number of aliphatic hydroxyl groups excluding tert-OH is 2. The van der Waals surface area contributed by atoms with Gasteiger partial charge in [-0.25, -0.2) is 0 Å². The number of nitrogens with one attached hydrogen (secondary N) is 2. The molecule has 4 unspecified atom stereocenters. The van der Waals surface area contributed by atoms with E-state index in [4.69, 9.17) is 0 Å². The fourth-order valence-corrected chi connectivity index (χ4v) is 5.10. The number of allylic oxidation sites excluding steroid dienone is 2. The van der Waals surface area contributed by atoms with E-state index in [-0.39, 0.29) is 33.5 Å². The van der Waals surface area contributed by atoms with Crippen molar-refractivity contribution in [1.29, 1.82) is 0 Å². The van der Waals surface area contributed by atoms with Gasteiger partial charge in [0.05, 0.1) is 28.8 Å². The van der Waals surface area contributed by atoms with Gasteiger partial charge in [0, 0.05) is 23.9 Å². The van der Waals surface area contributed by atoms with Crippen molar-refractivity contribution in [3.63, 3.8) is 0 Å². The molecule has 0 aromatic heterocycles. The van der Waals surface area contributed by atoms with Crippen molar-refractivity contribution in [2.45, 2.75) is 36.7 Å². The summed E-state index contributed by atoms with van der Waals surface area (Å²) in [7, 11) is 1.69. The highest BCUT2D eigenvalue weighted by atomic mass is 16.3. The fourth-order valence-electron chi connectivity index (χ4n) is 5.10. The van der Waals surface area contributed by atoms with Gasteiger partial charge < -0.3 is 31.1 Å². The molecule has 8 heteroatoms. The van der Waals surface area contributed by atoms with E-state index in [9.17, 15) is 30.0 Å². The van der Waals surface area contributed by atoms with E-state index in [1.54, 1.807) is 19.2 Å². The van der Waals surface area contributed by atoms with Gasteiger partial charge in [-0.05, 0) is 48.9 Å². The van der Waals surface area contributed by atoms with Crippen LogP contribution < -0.4 is 10.6 Å². The molecule has 0 amide bonds. The van der Waals surface area contributed by atoms with E-state index >= 15 is 0 Å². The number of fused-ring (bicyclic) bond motifs is 7. The normalized spacial score (nSPS) is 27.4. The number of phenolic OH excluding ortho intramolecular Hbond substituents is 1. The largest absolute Gasteiger partial charge is 0.507 e. The number of rotatable bonds is 2. The molecule has 2 bridgehead atoms. The van der Waals surface area contributed by atoms with Gasteiger partial charge in [-0.1, -0.05) is 23.7 Å². The Kier molecular flexibility index (Phi) is 5.19. The molecule has 2 aromatic rings. The molecule has 5 atom stereocenters. The molecule has 35 heavy (non-hydrogen) atoms. The first-order chi connectivity index (χ1) is 16.7. The van der Waals surface area contributed by atoms with Crippen LogP contribution in [0.1, 0.15) is 50.2 Å². The van der Waals surface area contributed by atoms with Crippen LogP contribution in [0.5, 0.6) is 5.75 Å². The molecule has 5 rings (SSSR count). The molecule has 3 aliphatic rings. The number of anilines is 2. The quantitative estimate of drug-likeness (QED) is 0.242. The molecule has 1 heterocycles. The Morgan fingerprint density at radius 3 is 2.43 bits per heavy atom. The standard InChI is InChI=1S/C27H22N2O6/c1-13(30)27(35)20-8-6-4-3-5-7-18(31)23(27)17-12-19(32)21-22(24(17)29-20)25(33)15-10-9-14(28-2)11-16(15)26(21)34/h3-4,9-13,18,20,23,28-32,35H,1-2H3/b4-3-/t13?,18?,20?,23?,27-/m0/s1. The zero-order chi connectivity index (χ0) is 25.1. The number of ketones is 2. The molecular weight excluding hydrogens is 448 g/mol. The maximum Gasteiger partial charge on any atom is 0.198 e. The molecule has 8 nitrogen and oxygen atoms in total. The third-order valence-electron chi connectivity index (χ3n) is 6.87. The second-order valence-electron chi connectivity index (χ2n) is 8.75. The summed E-state index contributed by atoms with van der Waals surface area (Å²) in [5.74, 6) is 8.07. The third-order valence-corrected chi connectivity index (χ3v) is 6.87. The number of hydrogen-bond acceptors (Lipinski definition) is 8. The minimum absolute atomic E-state index is 0.0769. The van der Waals surface area contributed by atoms with Gasteiger partial charge in [0.15, 0.2) is 11.6 Å². The summed E-state index contributed by atoms with van der Waals surface area (Å²) in [5.41, 5.74) is -1.05. The van der Waals surface area contributed by atoms with Gasteiger partial charge in [-0.15, -0.1) is 0 Å². The van der Waals surface area contributed by atoms with Gasteiger partial charge in [0.25, 0.3) is 0 Å². The van der Waals surface area contributed by atoms with Crippen LogP contribution >= 0.6 is 0 Å². The summed E-state index contributed by atoms with van der Waals surface area (Å²) >= 11 is 0. The molecule has 1 aliphatic heterocycles. The summed E-state index contributed by atoms with van der Waals surface area (Å²) in [6.07, 6.45) is 0.0157. The monoisotopic (exact) mass is 470 g/mol. The first-order valence-corrected chi connectivity index (χ1v) is 11.0. The Morgan fingerprint density at radius 2 is 1.74 bits per heavy atom. The Morgan fingerprint density at radius 1 is 1.06 bits per heavy atom. The van der Waals surface area contributed by atoms with Crippen molar-refractivity contribution >= 4 is 22.9 Å². The smallest absolute Gasteiger partial charge is 0.198 e. The minimum atomic E-state index is -2.04. The van der Waals surface area contributed by atoms with Crippen LogP contribution in [0.2, 0.25) is 0 Å². The number of carbonyl (C=O) groups is 2. The zero-order valence-corrected chi connectivity index (χ0v) is 18.9. The summed E-state index contributed by atoms with van der Waals surface area (Å²) < 4.78 is 0. The summed E-state index contributed by atoms with van der Waals surface area (Å²) in [6.45, 7) is 1.36. The second kappa shape index (κ2) is 8.00. The van der Waals surface area contributed by atoms with Gasteiger partial charge in [-0.3, -0.25) is 9.59 Å². The van der Waals surface area contributed by atoms with Crippen LogP contribution in [0.15, 0.2) is 36.4 Å². The van der Waals surface area contributed by atoms with Crippen LogP contribution in [0, 0.1) is 23.7 Å². The van der Waals surface area contributed by atoms with Crippen molar-refractivity contribution in [2.75, 3.05) is 17.7 Å². The van der Waals surface area contributed by atoms with Crippen LogP contribution in [0.4, 0.5) is 11.4 Å². The van der Waals surface area contributed by atoms with Gasteiger partial charge >= 0.3 is 0 Å². The number of aliphatic hydroxyl groups is 3. The van der Waals surface area contributed by atoms with Crippen molar-refractivity contribution < 1.29 is 30.0 Å². The molecular formula is C27H22N2O6. The lowest BCUT2D eigenvalue weighted by Gasteiger charge is -2.48. The average molecular weight is 470 g/mol. The molecule has 2 aliphatic carbocycles. The molecule has 0 radical (unpaired) electrons. The molecule has 176 valence electrons. The van der Waals surface area contributed by atoms with Crippen molar-refractivity contribution in [3.05, 3.63) is 64.2 Å². The van der Waals surface area contributed by atoms with E-state index < -0.39 is 47.1 Å². The number of carbonyl (C=O) groups excluding carboxylic acids is 2. The predicted molar refractivity (Wildman–Crippen MR) is 128 cm³/mol. The van der Waals surface area contributed by atoms with Gasteiger partial charge in [0.1, 0.15) is 23.5 Å². The first-order valence-electron chi connectivity index (χ1n) is 11.0. The van der Waals surface area contributed by atoms with Crippen molar-refractivity contribution in [2.24, 2.45) is 0 Å². The van der Waals surface area contributed by atoms with Crippen LogP contribution in [0.3, 0.4) is 0 Å². The summed E-state index contributed by atoms with van der Waals surface area (Å²) in [4.78, 5) is 27.1. The molecule has 0 saturated carbocycles. The molecule has 0 spiro atoms. The topological polar surface area (TPSA) is 139 Å². The number of phenols is 1. The maximum atomic E-state index is 13.7. The molecule has 0 saturated heterocycles. The van der Waals surface area contributed by atoms with Crippen molar-refractivity contribution in [3.8, 4) is 29.4 Å². The highest BCUT2D eigenvalue weighted by Crippen LogP contribution is 2.50. The van der Waals surface area contributed by atoms with E-state index in [2.05, 4.69) is 34.3 Å². The Hall–Kier alpha value is -4.08. The zero-order valence-electron chi connectivity index (χ0n) is 18.9. The Balaban J connectivity index is 1.82. The van der Waals surface area contributed by atoms with E-state index in [0.717, 1.165) is 0 Å². The number of benzene rings is 2. The van der Waals surface area contributed by atoms with Crippen molar-refractivity contribution in [1.82, 2.24) is 0 Å². The minimum Gasteiger partial charge on any atom is -0.507 e. The summed E-state index contributed by atoms with van der Waals surface area (Å²) in [6, 6.07) is 4.84. The highest BCUT2D eigenvalue weighted by molar-refractivity contribution is 6.31. The van der Waals surface area contributed by atoms with E-state index in [1.807, 2.05) is 0 Å². The molecule has 6 N–H and O–H groups in total. The average Bonchev–Trinajstić information content (AvgIpc) is 2.83. The fraction of sp³-hybridized carbons (Fsp3) is 0.259. The van der Waals surface area contributed by atoms with E-state index in [0.29, 0.717) is 5.69 Å². The third kappa shape index (κ3) is 3.16. The Labute approximate surface area is 201 Å². The van der Waals surface area contributed by atoms with Gasteiger partial charge in [-0.2, -0.15) is 0 Å². The lowest BCUT2D eigenvalue weighted by Crippen LogP contribution is -2.62. The molecule has 2 aromatic carbocycles. The number of hydrogen-bond donors (Lipinski definition) is 6. The first kappa shape index (κ1) is 22.7. The van der Waals surface area contributed by atoms with Crippen LogP contribution in [-0.4, -0.2) is 62.9 Å². The SMILES string of the molecule is CNc1ccc2c(c1)C(=O)c1c(O)cc3c(c1C2=O)NC1C#C/C=C\C#CC(O)C3[C@]1(O)C(C)O. The lowest BCUT2D eigenvalue weighted by molar-refractivity contribution is -0.107. The number of aromatic hydroxyl groups is 1. The predicted octanol–water partition coefficient (Wildman–Crippen LogP) is 1.14. The van der Waals surface area contributed by atoms with E-state index in [1.165, 1.54) is 31.2 Å². The van der Waals surface area contributed by atoms with Gasteiger partial charge in [0.2, 0.25) is 0 Å². The second-order valence-corrected chi connectivity index (χ2v) is 8.75. The van der Waals surface area contributed by atoms with Crippen LogP contribution in [0.25, 0.3) is 0 Å².